The lowest BCUT2D eigenvalue weighted by Crippen LogP contribution is -2.51. The summed E-state index contributed by atoms with van der Waals surface area (Å²) in [6, 6.07) is 6.56. The molecule has 0 saturated carbocycles. The van der Waals surface area contributed by atoms with Crippen LogP contribution in [0.3, 0.4) is 0 Å². The van der Waals surface area contributed by atoms with E-state index in [0.29, 0.717) is 26.2 Å². The van der Waals surface area contributed by atoms with Gasteiger partial charge in [-0.1, -0.05) is 0 Å². The number of amides is 1. The van der Waals surface area contributed by atoms with Crippen LogP contribution in [0.4, 0.5) is 11.4 Å². The molecule has 0 aliphatic carbocycles. The number of ether oxygens (including phenoxy) is 1. The molecule has 1 amide bonds. The largest absolute Gasteiger partial charge is 0.385 e. The van der Waals surface area contributed by atoms with E-state index >= 15 is 0 Å². The molecular formula is C17H26N4O4. The Labute approximate surface area is 148 Å². The van der Waals surface area contributed by atoms with Crippen LogP contribution in [0.2, 0.25) is 0 Å². The van der Waals surface area contributed by atoms with Crippen molar-refractivity contribution in [3.05, 3.63) is 34.4 Å². The molecule has 0 bridgehead atoms. The first-order valence-electron chi connectivity index (χ1n) is 8.46. The molecule has 1 aliphatic heterocycles. The Bertz CT molecular complexity index is 571. The first-order chi connectivity index (χ1) is 12.0. The van der Waals surface area contributed by atoms with E-state index in [2.05, 4.69) is 4.90 Å². The minimum Gasteiger partial charge on any atom is -0.385 e. The Morgan fingerprint density at radius 1 is 1.24 bits per heavy atom. The molecule has 0 spiro atoms. The normalized spacial score (nSPS) is 14.8. The molecule has 0 aromatic heterocycles. The van der Waals surface area contributed by atoms with Crippen molar-refractivity contribution in [2.75, 3.05) is 64.9 Å². The lowest BCUT2D eigenvalue weighted by molar-refractivity contribution is -0.384. The Balaban J connectivity index is 1.78. The van der Waals surface area contributed by atoms with E-state index < -0.39 is 4.92 Å². The lowest BCUT2D eigenvalue weighted by atomic mass is 10.2. The van der Waals surface area contributed by atoms with Gasteiger partial charge in [0.1, 0.15) is 0 Å². The summed E-state index contributed by atoms with van der Waals surface area (Å²) in [6.45, 7) is 4.76. The first-order valence-corrected chi connectivity index (χ1v) is 8.46. The molecule has 8 heteroatoms. The Hall–Kier alpha value is -2.19. The summed E-state index contributed by atoms with van der Waals surface area (Å²) in [7, 11) is 3.62. The third-order valence-electron chi connectivity index (χ3n) is 4.35. The zero-order chi connectivity index (χ0) is 18.2. The summed E-state index contributed by atoms with van der Waals surface area (Å²) in [6.07, 6.45) is 0.911. The van der Waals surface area contributed by atoms with Crippen LogP contribution in [0.5, 0.6) is 0 Å². The van der Waals surface area contributed by atoms with Gasteiger partial charge in [0.05, 0.1) is 11.5 Å². The number of methoxy groups -OCH3 is 1. The molecule has 8 nitrogen and oxygen atoms in total. The highest BCUT2D eigenvalue weighted by Gasteiger charge is 2.22. The van der Waals surface area contributed by atoms with Gasteiger partial charge >= 0.3 is 0 Å². The Morgan fingerprint density at radius 3 is 2.44 bits per heavy atom. The molecule has 25 heavy (non-hydrogen) atoms. The lowest BCUT2D eigenvalue weighted by Gasteiger charge is -2.36. The van der Waals surface area contributed by atoms with Gasteiger partial charge in [-0.3, -0.25) is 19.8 Å². The SMILES string of the molecule is COCCCN(C)CC(=O)N1CCN(c2ccc([N+](=O)[O-])cc2)CC1. The maximum atomic E-state index is 12.4. The summed E-state index contributed by atoms with van der Waals surface area (Å²) < 4.78 is 5.02. The van der Waals surface area contributed by atoms with E-state index in [-0.39, 0.29) is 11.6 Å². The number of hydrogen-bond acceptors (Lipinski definition) is 6. The number of benzene rings is 1. The van der Waals surface area contributed by atoms with Gasteiger partial charge in [0.25, 0.3) is 5.69 Å². The van der Waals surface area contributed by atoms with Gasteiger partial charge in [-0.25, -0.2) is 0 Å². The van der Waals surface area contributed by atoms with Crippen LogP contribution in [0.25, 0.3) is 0 Å². The van der Waals surface area contributed by atoms with Gasteiger partial charge in [-0.15, -0.1) is 0 Å². The number of nitro groups is 1. The molecule has 2 rings (SSSR count). The Kier molecular flexibility index (Phi) is 7.15. The van der Waals surface area contributed by atoms with E-state index in [0.717, 1.165) is 31.7 Å². The summed E-state index contributed by atoms with van der Waals surface area (Å²) >= 11 is 0. The monoisotopic (exact) mass is 350 g/mol. The van der Waals surface area contributed by atoms with Crippen molar-refractivity contribution < 1.29 is 14.5 Å². The van der Waals surface area contributed by atoms with Gasteiger partial charge in [-0.2, -0.15) is 0 Å². The highest BCUT2D eigenvalue weighted by atomic mass is 16.6. The summed E-state index contributed by atoms with van der Waals surface area (Å²) in [5.41, 5.74) is 1.04. The van der Waals surface area contributed by atoms with E-state index in [1.807, 2.05) is 16.8 Å². The summed E-state index contributed by atoms with van der Waals surface area (Å²) in [4.78, 5) is 28.7. The third-order valence-corrected chi connectivity index (χ3v) is 4.35. The zero-order valence-corrected chi connectivity index (χ0v) is 14.9. The maximum absolute atomic E-state index is 12.4. The van der Waals surface area contributed by atoms with Crippen LogP contribution in [0.15, 0.2) is 24.3 Å². The minimum absolute atomic E-state index is 0.0917. The van der Waals surface area contributed by atoms with Crippen LogP contribution in [-0.2, 0) is 9.53 Å². The van der Waals surface area contributed by atoms with E-state index in [4.69, 9.17) is 4.74 Å². The second-order valence-corrected chi connectivity index (χ2v) is 6.23. The molecule has 138 valence electrons. The predicted molar refractivity (Wildman–Crippen MR) is 95.9 cm³/mol. The van der Waals surface area contributed by atoms with Crippen molar-refractivity contribution in [1.29, 1.82) is 0 Å². The van der Waals surface area contributed by atoms with Gasteiger partial charge in [0, 0.05) is 64.3 Å². The van der Waals surface area contributed by atoms with E-state index in [1.165, 1.54) is 12.1 Å². The minimum atomic E-state index is -0.399. The fourth-order valence-electron chi connectivity index (χ4n) is 2.89. The molecule has 0 atom stereocenters. The van der Waals surface area contributed by atoms with E-state index in [9.17, 15) is 14.9 Å². The van der Waals surface area contributed by atoms with Crippen molar-refractivity contribution in [3.63, 3.8) is 0 Å². The summed E-state index contributed by atoms with van der Waals surface area (Å²) in [5, 5.41) is 10.7. The van der Waals surface area contributed by atoms with Gasteiger partial charge in [0.15, 0.2) is 0 Å². The fraction of sp³-hybridized carbons (Fsp3) is 0.588. The average Bonchev–Trinajstić information content (AvgIpc) is 2.62. The number of carbonyl (C=O) groups excluding carboxylic acids is 1. The molecule has 0 radical (unpaired) electrons. The smallest absolute Gasteiger partial charge is 0.269 e. The highest BCUT2D eigenvalue weighted by molar-refractivity contribution is 5.78. The number of carbonyl (C=O) groups is 1. The molecular weight excluding hydrogens is 324 g/mol. The number of nitrogens with zero attached hydrogens (tertiary/aromatic N) is 4. The van der Waals surface area contributed by atoms with Crippen LogP contribution in [0.1, 0.15) is 6.42 Å². The van der Waals surface area contributed by atoms with Crippen molar-refractivity contribution in [3.8, 4) is 0 Å². The standard InChI is InChI=1S/C17H26N4O4/c1-18(8-3-13-25-2)14-17(22)20-11-9-19(10-12-20)15-4-6-16(7-5-15)21(23)24/h4-7H,3,8-14H2,1-2H3. The fourth-order valence-corrected chi connectivity index (χ4v) is 2.89. The number of non-ortho nitro benzene ring substituents is 1. The molecule has 0 N–H and O–H groups in total. The second kappa shape index (κ2) is 9.33. The molecule has 1 saturated heterocycles. The first kappa shape index (κ1) is 19.1. The molecule has 1 aromatic rings. The summed E-state index contributed by atoms with van der Waals surface area (Å²) in [5.74, 6) is 0.142. The number of nitro benzene ring substituents is 1. The second-order valence-electron chi connectivity index (χ2n) is 6.23. The number of rotatable bonds is 8. The number of piperazine rings is 1. The number of hydrogen-bond donors (Lipinski definition) is 0. The van der Waals surface area contributed by atoms with Gasteiger partial charge in [-0.05, 0) is 25.6 Å². The van der Waals surface area contributed by atoms with Crippen LogP contribution in [0, 0.1) is 10.1 Å². The van der Waals surface area contributed by atoms with E-state index in [1.54, 1.807) is 19.2 Å². The topological polar surface area (TPSA) is 79.2 Å². The van der Waals surface area contributed by atoms with Gasteiger partial charge < -0.3 is 14.5 Å². The maximum Gasteiger partial charge on any atom is 0.269 e. The van der Waals surface area contributed by atoms with Crippen LogP contribution >= 0.6 is 0 Å². The van der Waals surface area contributed by atoms with Crippen LogP contribution in [-0.4, -0.2) is 80.7 Å². The molecule has 1 heterocycles. The molecule has 0 unspecified atom stereocenters. The third kappa shape index (κ3) is 5.68. The van der Waals surface area contributed by atoms with Gasteiger partial charge in [0.2, 0.25) is 5.91 Å². The van der Waals surface area contributed by atoms with Crippen molar-refractivity contribution >= 4 is 17.3 Å². The number of anilines is 1. The average molecular weight is 350 g/mol. The zero-order valence-electron chi connectivity index (χ0n) is 14.9. The van der Waals surface area contributed by atoms with Crippen LogP contribution < -0.4 is 4.90 Å². The van der Waals surface area contributed by atoms with Crippen molar-refractivity contribution in [1.82, 2.24) is 9.80 Å². The predicted octanol–water partition coefficient (Wildman–Crippen LogP) is 1.21. The quantitative estimate of drug-likeness (QED) is 0.398. The molecule has 1 aliphatic rings. The highest BCUT2D eigenvalue weighted by Crippen LogP contribution is 2.20. The Morgan fingerprint density at radius 2 is 1.88 bits per heavy atom. The number of likely N-dealkylation sites (N-methyl/N-ethyl adjacent to an activating group) is 1. The molecule has 1 aromatic carbocycles. The van der Waals surface area contributed by atoms with Crippen molar-refractivity contribution in [2.24, 2.45) is 0 Å². The molecule has 1 fully saturated rings. The van der Waals surface area contributed by atoms with Crippen molar-refractivity contribution in [2.45, 2.75) is 6.42 Å².